The molecule has 0 saturated carbocycles. The van der Waals surface area contributed by atoms with E-state index in [0.717, 1.165) is 6.54 Å². The lowest BCUT2D eigenvalue weighted by Crippen LogP contribution is -2.58. The molecule has 1 saturated heterocycles. The zero-order valence-corrected chi connectivity index (χ0v) is 17.5. The smallest absolute Gasteiger partial charge is 0.237 e. The lowest BCUT2D eigenvalue weighted by molar-refractivity contribution is -0.134. The first-order valence-corrected chi connectivity index (χ1v) is 10.3. The van der Waals surface area contributed by atoms with Crippen LogP contribution in [-0.2, 0) is 9.59 Å². The summed E-state index contributed by atoms with van der Waals surface area (Å²) in [6, 6.07) is 20.3. The van der Waals surface area contributed by atoms with Gasteiger partial charge in [0, 0.05) is 31.1 Å². The maximum Gasteiger partial charge on any atom is 0.237 e. The third-order valence-electron chi connectivity index (χ3n) is 5.16. The SMILES string of the molecule is CC(C)(C)NC(=O)C[C@@H]1C(=O)NCCN1CC(c1ccccc1)c1ccccc1. The second kappa shape index (κ2) is 9.23. The average molecular weight is 394 g/mol. The van der Waals surface area contributed by atoms with Crippen LogP contribution in [0.15, 0.2) is 60.7 Å². The molecule has 1 atom stereocenters. The summed E-state index contributed by atoms with van der Waals surface area (Å²) in [5.74, 6) is -0.0304. The summed E-state index contributed by atoms with van der Waals surface area (Å²) in [5.41, 5.74) is 2.11. The summed E-state index contributed by atoms with van der Waals surface area (Å²) in [6.45, 7) is 7.87. The molecular formula is C24H31N3O2. The highest BCUT2D eigenvalue weighted by Crippen LogP contribution is 2.27. The van der Waals surface area contributed by atoms with Crippen molar-refractivity contribution < 1.29 is 9.59 Å². The molecule has 1 aliphatic rings. The Hall–Kier alpha value is -2.66. The Kier molecular flexibility index (Phi) is 6.70. The third-order valence-corrected chi connectivity index (χ3v) is 5.16. The second-order valence-corrected chi connectivity index (χ2v) is 8.68. The quantitative estimate of drug-likeness (QED) is 0.793. The molecule has 154 valence electrons. The first-order chi connectivity index (χ1) is 13.8. The number of benzene rings is 2. The van der Waals surface area contributed by atoms with E-state index in [0.29, 0.717) is 13.1 Å². The first-order valence-electron chi connectivity index (χ1n) is 10.3. The third kappa shape index (κ3) is 5.91. The van der Waals surface area contributed by atoms with Crippen LogP contribution in [0.25, 0.3) is 0 Å². The lowest BCUT2D eigenvalue weighted by Gasteiger charge is -2.37. The van der Waals surface area contributed by atoms with Crippen molar-refractivity contribution in [2.24, 2.45) is 0 Å². The molecule has 5 nitrogen and oxygen atoms in total. The Labute approximate surface area is 173 Å². The number of amides is 2. The largest absolute Gasteiger partial charge is 0.353 e. The van der Waals surface area contributed by atoms with Gasteiger partial charge in [0.25, 0.3) is 0 Å². The number of carbonyl (C=O) groups is 2. The summed E-state index contributed by atoms with van der Waals surface area (Å²) in [6.07, 6.45) is 0.166. The molecule has 0 aromatic heterocycles. The van der Waals surface area contributed by atoms with Crippen molar-refractivity contribution in [3.05, 3.63) is 71.8 Å². The van der Waals surface area contributed by atoms with Crippen LogP contribution < -0.4 is 10.6 Å². The average Bonchev–Trinajstić information content (AvgIpc) is 2.68. The Morgan fingerprint density at radius 3 is 2.14 bits per heavy atom. The van der Waals surface area contributed by atoms with Gasteiger partial charge in [-0.25, -0.2) is 0 Å². The Morgan fingerprint density at radius 1 is 1.07 bits per heavy atom. The van der Waals surface area contributed by atoms with E-state index in [1.165, 1.54) is 11.1 Å². The fourth-order valence-corrected chi connectivity index (χ4v) is 3.86. The number of hydrogen-bond donors (Lipinski definition) is 2. The number of nitrogens with zero attached hydrogens (tertiary/aromatic N) is 1. The molecule has 5 heteroatoms. The van der Waals surface area contributed by atoms with Gasteiger partial charge in [0.05, 0.1) is 12.5 Å². The summed E-state index contributed by atoms with van der Waals surface area (Å²) < 4.78 is 0. The van der Waals surface area contributed by atoms with Crippen molar-refractivity contribution in [2.45, 2.75) is 44.7 Å². The minimum absolute atomic E-state index is 0.0693. The van der Waals surface area contributed by atoms with Crippen molar-refractivity contribution in [2.75, 3.05) is 19.6 Å². The molecule has 29 heavy (non-hydrogen) atoms. The predicted octanol–water partition coefficient (Wildman–Crippen LogP) is 2.92. The number of piperazine rings is 1. The van der Waals surface area contributed by atoms with E-state index >= 15 is 0 Å². The maximum atomic E-state index is 12.6. The second-order valence-electron chi connectivity index (χ2n) is 8.68. The monoisotopic (exact) mass is 393 g/mol. The highest BCUT2D eigenvalue weighted by atomic mass is 16.2. The minimum Gasteiger partial charge on any atom is -0.353 e. The molecule has 1 aliphatic heterocycles. The summed E-state index contributed by atoms with van der Waals surface area (Å²) in [4.78, 5) is 27.3. The molecule has 0 bridgehead atoms. The van der Waals surface area contributed by atoms with Gasteiger partial charge in [-0.2, -0.15) is 0 Å². The van der Waals surface area contributed by atoms with Gasteiger partial charge < -0.3 is 10.6 Å². The van der Waals surface area contributed by atoms with Gasteiger partial charge in [-0.15, -0.1) is 0 Å². The lowest BCUT2D eigenvalue weighted by atomic mass is 9.90. The van der Waals surface area contributed by atoms with Gasteiger partial charge in [-0.1, -0.05) is 60.7 Å². The van der Waals surface area contributed by atoms with E-state index in [4.69, 9.17) is 0 Å². The Morgan fingerprint density at radius 2 is 1.62 bits per heavy atom. The summed E-state index contributed by atoms with van der Waals surface area (Å²) in [7, 11) is 0. The van der Waals surface area contributed by atoms with E-state index in [9.17, 15) is 9.59 Å². The van der Waals surface area contributed by atoms with E-state index in [1.807, 2.05) is 57.2 Å². The fourth-order valence-electron chi connectivity index (χ4n) is 3.86. The number of hydrogen-bond acceptors (Lipinski definition) is 3. The van der Waals surface area contributed by atoms with Crippen molar-refractivity contribution >= 4 is 11.8 Å². The topological polar surface area (TPSA) is 61.4 Å². The van der Waals surface area contributed by atoms with Gasteiger partial charge in [-0.05, 0) is 31.9 Å². The molecule has 0 unspecified atom stereocenters. The van der Waals surface area contributed by atoms with E-state index in [-0.39, 0.29) is 29.7 Å². The van der Waals surface area contributed by atoms with E-state index < -0.39 is 6.04 Å². The minimum atomic E-state index is -0.457. The van der Waals surface area contributed by atoms with Crippen LogP contribution in [0.4, 0.5) is 0 Å². The molecule has 2 aromatic carbocycles. The standard InChI is InChI=1S/C24H31N3O2/c1-24(2,3)26-22(28)16-21-23(29)25-14-15-27(21)17-20(18-10-6-4-7-11-18)19-12-8-5-9-13-19/h4-13,20-21H,14-17H2,1-3H3,(H,25,29)(H,26,28)/t21-/m1/s1. The molecule has 2 amide bonds. The highest BCUT2D eigenvalue weighted by Gasteiger charge is 2.34. The van der Waals surface area contributed by atoms with Crippen LogP contribution in [0.5, 0.6) is 0 Å². The molecule has 1 heterocycles. The first kappa shape index (κ1) is 21.1. The predicted molar refractivity (Wildman–Crippen MR) is 116 cm³/mol. The van der Waals surface area contributed by atoms with Crippen LogP contribution in [0.2, 0.25) is 0 Å². The Bertz CT molecular complexity index is 776. The van der Waals surface area contributed by atoms with Gasteiger partial charge in [0.15, 0.2) is 0 Å². The zero-order chi connectivity index (χ0) is 20.9. The zero-order valence-electron chi connectivity index (χ0n) is 17.5. The normalized spacial score (nSPS) is 17.8. The molecule has 0 aliphatic carbocycles. The van der Waals surface area contributed by atoms with E-state index in [2.05, 4.69) is 39.8 Å². The number of rotatable bonds is 6. The number of carbonyl (C=O) groups excluding carboxylic acids is 2. The maximum absolute atomic E-state index is 12.6. The Balaban J connectivity index is 1.82. The van der Waals surface area contributed by atoms with Crippen LogP contribution in [0, 0.1) is 0 Å². The van der Waals surface area contributed by atoms with Crippen LogP contribution in [0.3, 0.4) is 0 Å². The highest BCUT2D eigenvalue weighted by molar-refractivity contribution is 5.89. The molecule has 0 radical (unpaired) electrons. The molecule has 2 N–H and O–H groups in total. The fraction of sp³-hybridized carbons (Fsp3) is 0.417. The van der Waals surface area contributed by atoms with Crippen molar-refractivity contribution in [1.82, 2.24) is 15.5 Å². The molecule has 1 fully saturated rings. The van der Waals surface area contributed by atoms with Gasteiger partial charge in [0.1, 0.15) is 0 Å². The van der Waals surface area contributed by atoms with Crippen molar-refractivity contribution in [1.29, 1.82) is 0 Å². The van der Waals surface area contributed by atoms with Gasteiger partial charge in [0.2, 0.25) is 11.8 Å². The molecule has 3 rings (SSSR count). The van der Waals surface area contributed by atoms with Crippen LogP contribution in [0.1, 0.15) is 44.2 Å². The number of nitrogens with one attached hydrogen (secondary N) is 2. The summed E-state index contributed by atoms with van der Waals surface area (Å²) >= 11 is 0. The van der Waals surface area contributed by atoms with Crippen molar-refractivity contribution in [3.63, 3.8) is 0 Å². The van der Waals surface area contributed by atoms with Crippen LogP contribution >= 0.6 is 0 Å². The van der Waals surface area contributed by atoms with Gasteiger partial charge in [-0.3, -0.25) is 14.5 Å². The van der Waals surface area contributed by atoms with E-state index in [1.54, 1.807) is 0 Å². The molecular weight excluding hydrogens is 362 g/mol. The van der Waals surface area contributed by atoms with Crippen molar-refractivity contribution in [3.8, 4) is 0 Å². The molecule has 2 aromatic rings. The van der Waals surface area contributed by atoms with Crippen LogP contribution in [-0.4, -0.2) is 47.9 Å². The summed E-state index contributed by atoms with van der Waals surface area (Å²) in [5, 5.41) is 5.90. The van der Waals surface area contributed by atoms with Gasteiger partial charge >= 0.3 is 0 Å². The molecule has 0 spiro atoms.